The normalized spacial score (nSPS) is 12.9. The zero-order valence-electron chi connectivity index (χ0n) is 30.0. The fourth-order valence-electron chi connectivity index (χ4n) is 4.19. The van der Waals surface area contributed by atoms with Crippen LogP contribution in [0.3, 0.4) is 0 Å². The Morgan fingerprint density at radius 2 is 0.745 bits per heavy atom. The molecule has 0 aliphatic carbocycles. The Labute approximate surface area is 279 Å². The van der Waals surface area contributed by atoms with E-state index in [9.17, 15) is 39.3 Å². The molecule has 0 aliphatic heterocycles. The van der Waals surface area contributed by atoms with E-state index in [1.54, 1.807) is 27.7 Å². The van der Waals surface area contributed by atoms with Crippen LogP contribution in [-0.4, -0.2) is 154 Å². The zero-order chi connectivity index (χ0) is 36.6. The lowest BCUT2D eigenvalue weighted by Gasteiger charge is -2.30. The molecule has 0 rings (SSSR count). The summed E-state index contributed by atoms with van der Waals surface area (Å²) in [6.07, 6.45) is 0.843. The van der Waals surface area contributed by atoms with Crippen molar-refractivity contribution in [2.75, 3.05) is 72.1 Å². The molecule has 3 N–H and O–H groups in total. The van der Waals surface area contributed by atoms with E-state index in [1.165, 1.54) is 14.7 Å². The van der Waals surface area contributed by atoms with Gasteiger partial charge in [0.15, 0.2) is 0 Å². The van der Waals surface area contributed by atoms with Crippen molar-refractivity contribution in [3.8, 4) is 0 Å². The van der Waals surface area contributed by atoms with Crippen molar-refractivity contribution >= 4 is 29.8 Å². The number of rotatable bonds is 24. The van der Waals surface area contributed by atoms with Crippen LogP contribution in [0.2, 0.25) is 0 Å². The molecule has 0 atom stereocenters. The Balaban J connectivity index is 5.33. The maximum Gasteiger partial charge on any atom is 0.320 e. The van der Waals surface area contributed by atoms with Crippen molar-refractivity contribution in [2.24, 2.45) is 0 Å². The summed E-state index contributed by atoms with van der Waals surface area (Å²) in [6, 6.07) is 0. The maximum absolute atomic E-state index is 12.7. The van der Waals surface area contributed by atoms with Gasteiger partial charge in [-0.25, -0.2) is 0 Å². The minimum Gasteiger partial charge on any atom is -0.480 e. The molecule has 0 bridgehead atoms. The van der Waals surface area contributed by atoms with Crippen molar-refractivity contribution < 1.29 is 58.2 Å². The lowest BCUT2D eigenvalue weighted by atomic mass is 10.1. The number of carboxylic acids is 3. The molecule has 0 saturated carbocycles. The first kappa shape index (κ1) is 44.1. The summed E-state index contributed by atoms with van der Waals surface area (Å²) in [7, 11) is 0. The van der Waals surface area contributed by atoms with E-state index in [0.717, 1.165) is 0 Å². The molecular weight excluding hydrogens is 618 g/mol. The zero-order valence-corrected chi connectivity index (χ0v) is 30.0. The van der Waals surface area contributed by atoms with Gasteiger partial charge in [0.25, 0.3) is 0 Å². The summed E-state index contributed by atoms with van der Waals surface area (Å²) in [5.41, 5.74) is -2.44. The van der Waals surface area contributed by atoms with Gasteiger partial charge in [-0.1, -0.05) is 0 Å². The summed E-state index contributed by atoms with van der Waals surface area (Å²) in [5.74, 6) is -4.80. The number of hydrogen-bond acceptors (Lipinski definition) is 12. The highest BCUT2D eigenvalue weighted by molar-refractivity contribution is 5.75. The molecule has 0 aromatic rings. The summed E-state index contributed by atoms with van der Waals surface area (Å²) in [5, 5.41) is 28.3. The van der Waals surface area contributed by atoms with E-state index in [2.05, 4.69) is 0 Å². The average Bonchev–Trinajstić information content (AvgIpc) is 2.81. The van der Waals surface area contributed by atoms with E-state index in [-0.39, 0.29) is 50.5 Å². The Hall–Kier alpha value is -2.85. The van der Waals surface area contributed by atoms with Crippen molar-refractivity contribution in [1.29, 1.82) is 0 Å². The molecule has 0 aromatic heterocycles. The highest BCUT2D eigenvalue weighted by atomic mass is 16.6. The van der Waals surface area contributed by atoms with Crippen LogP contribution in [0.4, 0.5) is 0 Å². The third-order valence-electron chi connectivity index (χ3n) is 6.51. The number of carboxylic acid groups (broad SMARTS) is 3. The van der Waals surface area contributed by atoms with Gasteiger partial charge in [-0.15, -0.1) is 0 Å². The Kier molecular flexibility index (Phi) is 18.6. The largest absolute Gasteiger partial charge is 0.480 e. The van der Waals surface area contributed by atoms with Gasteiger partial charge in [-0.2, -0.15) is 0 Å². The van der Waals surface area contributed by atoms with Gasteiger partial charge in [0, 0.05) is 39.0 Å². The quantitative estimate of drug-likeness (QED) is 0.126. The summed E-state index contributed by atoms with van der Waals surface area (Å²) < 4.78 is 22.6. The smallest absolute Gasteiger partial charge is 0.320 e. The van der Waals surface area contributed by atoms with E-state index < -0.39 is 60.7 Å². The highest BCUT2D eigenvalue weighted by Gasteiger charge is 2.28. The van der Waals surface area contributed by atoms with Crippen LogP contribution in [0.15, 0.2) is 0 Å². The van der Waals surface area contributed by atoms with Gasteiger partial charge < -0.3 is 34.3 Å². The van der Waals surface area contributed by atoms with Crippen LogP contribution >= 0.6 is 0 Å². The summed E-state index contributed by atoms with van der Waals surface area (Å²) >= 11 is 0. The van der Waals surface area contributed by atoms with Crippen LogP contribution in [0, 0.1) is 0 Å². The second-order valence-corrected chi connectivity index (χ2v) is 14.8. The molecule has 0 saturated heterocycles. The van der Waals surface area contributed by atoms with Crippen LogP contribution in [0.25, 0.3) is 0 Å². The van der Waals surface area contributed by atoms with Gasteiger partial charge in [-0.3, -0.25) is 38.7 Å². The van der Waals surface area contributed by atoms with Crippen molar-refractivity contribution in [2.45, 2.75) is 104 Å². The Bertz CT molecular complexity index is 946. The molecule has 0 unspecified atom stereocenters. The fraction of sp³-hybridized carbons (Fsp3) is 0.844. The van der Waals surface area contributed by atoms with E-state index in [0.29, 0.717) is 26.1 Å². The van der Waals surface area contributed by atoms with E-state index in [4.69, 9.17) is 18.9 Å². The molecule has 274 valence electrons. The van der Waals surface area contributed by atoms with Crippen LogP contribution < -0.4 is 0 Å². The first-order valence-corrected chi connectivity index (χ1v) is 15.8. The topological polar surface area (TPSA) is 193 Å². The minimum absolute atomic E-state index is 0.00798. The predicted molar refractivity (Wildman–Crippen MR) is 173 cm³/mol. The van der Waals surface area contributed by atoms with Gasteiger partial charge in [0.05, 0.1) is 57.1 Å². The Morgan fingerprint density at radius 3 is 1.02 bits per heavy atom. The molecule has 47 heavy (non-hydrogen) atoms. The maximum atomic E-state index is 12.7. The third-order valence-corrected chi connectivity index (χ3v) is 6.51. The molecule has 0 amide bonds. The standard InChI is InChI=1S/C32H59N3O12/c1-29(2,3)44-17-11-31(7,8)46-27(42)22-34(20-25(38)39)15-13-33(19-24(36)37)14-16-35(21-26(40)41)23-28(43)47-32(9,10)12-18-45-30(4,5)6/h11-23H2,1-10H3,(H,36,37)(H,38,39)(H,40,41). The molecule has 15 nitrogen and oxygen atoms in total. The van der Waals surface area contributed by atoms with Gasteiger partial charge in [0.2, 0.25) is 0 Å². The lowest BCUT2D eigenvalue weighted by molar-refractivity contribution is -0.162. The number of carbonyl (C=O) groups is 5. The first-order chi connectivity index (χ1) is 21.3. The summed E-state index contributed by atoms with van der Waals surface area (Å²) in [6.45, 7) is 17.1. The number of esters is 2. The predicted octanol–water partition coefficient (Wildman–Crippen LogP) is 2.20. The molecule has 0 radical (unpaired) electrons. The lowest BCUT2D eigenvalue weighted by Crippen LogP contribution is -2.46. The number of nitrogens with zero attached hydrogens (tertiary/aromatic N) is 3. The van der Waals surface area contributed by atoms with Crippen LogP contribution in [-0.2, 0) is 42.9 Å². The van der Waals surface area contributed by atoms with Gasteiger partial charge >= 0.3 is 29.8 Å². The van der Waals surface area contributed by atoms with Gasteiger partial charge in [0.1, 0.15) is 11.2 Å². The SMILES string of the molecule is CC(C)(C)OCCC(C)(C)OC(=O)CN(CCN(CCN(CC(=O)O)CC(=O)OC(C)(C)CCOC(C)(C)C)CC(=O)O)CC(=O)O. The molecule has 0 aliphatic rings. The fourth-order valence-corrected chi connectivity index (χ4v) is 4.19. The highest BCUT2D eigenvalue weighted by Crippen LogP contribution is 2.19. The molecule has 15 heteroatoms. The first-order valence-electron chi connectivity index (χ1n) is 15.8. The number of aliphatic carboxylic acids is 3. The summed E-state index contributed by atoms with van der Waals surface area (Å²) in [4.78, 5) is 64.3. The van der Waals surface area contributed by atoms with Crippen molar-refractivity contribution in [3.63, 3.8) is 0 Å². The molecular formula is C32H59N3O12. The van der Waals surface area contributed by atoms with Crippen molar-refractivity contribution in [1.82, 2.24) is 14.7 Å². The molecule has 0 spiro atoms. The minimum atomic E-state index is -1.18. The number of ether oxygens (including phenoxy) is 4. The van der Waals surface area contributed by atoms with E-state index in [1.807, 2.05) is 41.5 Å². The molecule has 0 heterocycles. The molecule has 0 aromatic carbocycles. The monoisotopic (exact) mass is 677 g/mol. The third kappa shape index (κ3) is 25.9. The van der Waals surface area contributed by atoms with Gasteiger partial charge in [-0.05, 0) is 69.2 Å². The molecule has 0 fully saturated rings. The average molecular weight is 678 g/mol. The van der Waals surface area contributed by atoms with Crippen LogP contribution in [0.5, 0.6) is 0 Å². The second-order valence-electron chi connectivity index (χ2n) is 14.8. The Morgan fingerprint density at radius 1 is 0.468 bits per heavy atom. The second kappa shape index (κ2) is 19.8. The number of hydrogen-bond donors (Lipinski definition) is 3. The van der Waals surface area contributed by atoms with E-state index >= 15 is 0 Å². The van der Waals surface area contributed by atoms with Crippen molar-refractivity contribution in [3.05, 3.63) is 0 Å². The van der Waals surface area contributed by atoms with Crippen LogP contribution in [0.1, 0.15) is 82.1 Å². The number of carbonyl (C=O) groups excluding carboxylic acids is 2.